The van der Waals surface area contributed by atoms with Gasteiger partial charge in [0.15, 0.2) is 0 Å². The summed E-state index contributed by atoms with van der Waals surface area (Å²) in [7, 11) is 0. The molecular weight excluding hydrogens is 412 g/mol. The van der Waals surface area contributed by atoms with Crippen LogP contribution in [0.1, 0.15) is 36.5 Å². The van der Waals surface area contributed by atoms with Gasteiger partial charge < -0.3 is 14.5 Å². The largest absolute Gasteiger partial charge is 0.466 e. The minimum atomic E-state index is -0.513. The van der Waals surface area contributed by atoms with Crippen molar-refractivity contribution in [1.29, 1.82) is 0 Å². The van der Waals surface area contributed by atoms with Gasteiger partial charge in [-0.3, -0.25) is 14.4 Å². The van der Waals surface area contributed by atoms with Crippen LogP contribution >= 0.6 is 12.6 Å². The van der Waals surface area contributed by atoms with Gasteiger partial charge in [0, 0.05) is 30.4 Å². The molecule has 2 saturated heterocycles. The lowest BCUT2D eigenvalue weighted by Crippen LogP contribution is -2.50. The number of ether oxygens (including phenoxy) is 1. The highest BCUT2D eigenvalue weighted by Gasteiger charge is 2.41. The zero-order valence-electron chi connectivity index (χ0n) is 17.7. The molecule has 2 aliphatic heterocycles. The molecule has 0 radical (unpaired) electrons. The second-order valence-corrected chi connectivity index (χ2v) is 9.01. The number of piperidine rings is 1. The zero-order chi connectivity index (χ0) is 22.0. The predicted molar refractivity (Wildman–Crippen MR) is 122 cm³/mol. The molecule has 2 atom stereocenters. The highest BCUT2D eigenvalue weighted by Crippen LogP contribution is 2.28. The molecule has 2 heterocycles. The van der Waals surface area contributed by atoms with Crippen molar-refractivity contribution in [3.63, 3.8) is 0 Å². The highest BCUT2D eigenvalue weighted by atomic mass is 32.1. The zero-order valence-corrected chi connectivity index (χ0v) is 18.6. The molecule has 31 heavy (non-hydrogen) atoms. The van der Waals surface area contributed by atoms with Crippen molar-refractivity contribution in [2.75, 3.05) is 26.2 Å². The molecule has 2 aliphatic rings. The molecular formula is C24H28N2O4S. The van der Waals surface area contributed by atoms with E-state index >= 15 is 0 Å². The number of nitrogens with zero attached hydrogens (tertiary/aromatic N) is 2. The molecule has 4 rings (SSSR count). The standard InChI is InChI=1S/C24H28N2O4S/c1-2-30-24(29)17-9-11-25(12-10-17)23(28)21-14-20(31)15-26(21)22(27)19-8-7-16-5-3-4-6-18(16)13-19/h3-8,13,17,20-21,31H,2,9-12,14-15H2,1H3. The van der Waals surface area contributed by atoms with E-state index in [1.807, 2.05) is 42.5 Å². The van der Waals surface area contributed by atoms with Crippen molar-refractivity contribution in [3.05, 3.63) is 48.0 Å². The SMILES string of the molecule is CCOC(=O)C1CCN(C(=O)C2CC(S)CN2C(=O)c2ccc3ccccc3c2)CC1. The Labute approximate surface area is 187 Å². The maximum absolute atomic E-state index is 13.3. The van der Waals surface area contributed by atoms with Gasteiger partial charge in [-0.15, -0.1) is 0 Å². The summed E-state index contributed by atoms with van der Waals surface area (Å²) in [5.74, 6) is -0.519. The molecule has 0 N–H and O–H groups in total. The van der Waals surface area contributed by atoms with E-state index in [0.29, 0.717) is 51.1 Å². The smallest absolute Gasteiger partial charge is 0.309 e. The first kappa shape index (κ1) is 21.7. The summed E-state index contributed by atoms with van der Waals surface area (Å²) in [4.78, 5) is 42.0. The third-order valence-corrected chi connectivity index (χ3v) is 6.62. The van der Waals surface area contributed by atoms with E-state index in [1.54, 1.807) is 16.7 Å². The lowest BCUT2D eigenvalue weighted by Gasteiger charge is -2.34. The van der Waals surface area contributed by atoms with E-state index in [2.05, 4.69) is 12.6 Å². The molecule has 2 aromatic rings. The number of benzene rings is 2. The topological polar surface area (TPSA) is 66.9 Å². The molecule has 2 amide bonds. The van der Waals surface area contributed by atoms with E-state index in [0.717, 1.165) is 10.8 Å². The molecule has 2 aromatic carbocycles. The van der Waals surface area contributed by atoms with E-state index in [1.165, 1.54) is 0 Å². The molecule has 164 valence electrons. The van der Waals surface area contributed by atoms with E-state index in [4.69, 9.17) is 4.74 Å². The number of esters is 1. The Hall–Kier alpha value is -2.54. The maximum Gasteiger partial charge on any atom is 0.309 e. The molecule has 0 aliphatic carbocycles. The van der Waals surface area contributed by atoms with Crippen LogP contribution in [0.25, 0.3) is 10.8 Å². The first-order valence-electron chi connectivity index (χ1n) is 10.9. The Morgan fingerprint density at radius 2 is 1.77 bits per heavy atom. The fraction of sp³-hybridized carbons (Fsp3) is 0.458. The van der Waals surface area contributed by atoms with Crippen molar-refractivity contribution < 1.29 is 19.1 Å². The van der Waals surface area contributed by atoms with Crippen LogP contribution < -0.4 is 0 Å². The van der Waals surface area contributed by atoms with Gasteiger partial charge >= 0.3 is 5.97 Å². The minimum Gasteiger partial charge on any atom is -0.466 e. The highest BCUT2D eigenvalue weighted by molar-refractivity contribution is 7.81. The number of carbonyl (C=O) groups excluding carboxylic acids is 3. The third-order valence-electron chi connectivity index (χ3n) is 6.25. The van der Waals surface area contributed by atoms with E-state index in [-0.39, 0.29) is 29.0 Å². The number of fused-ring (bicyclic) bond motifs is 1. The monoisotopic (exact) mass is 440 g/mol. The van der Waals surface area contributed by atoms with Crippen LogP contribution in [0.3, 0.4) is 0 Å². The summed E-state index contributed by atoms with van der Waals surface area (Å²) in [5, 5.41) is 2.04. The van der Waals surface area contributed by atoms with Gasteiger partial charge in [0.2, 0.25) is 5.91 Å². The van der Waals surface area contributed by atoms with Crippen LogP contribution in [-0.4, -0.2) is 65.1 Å². The first-order valence-corrected chi connectivity index (χ1v) is 11.4. The van der Waals surface area contributed by atoms with Crippen molar-refractivity contribution in [2.45, 2.75) is 37.5 Å². The average molecular weight is 441 g/mol. The van der Waals surface area contributed by atoms with Crippen LogP contribution in [0.5, 0.6) is 0 Å². The van der Waals surface area contributed by atoms with E-state index < -0.39 is 6.04 Å². The molecule has 2 unspecified atom stereocenters. The fourth-order valence-electron chi connectivity index (χ4n) is 4.57. The van der Waals surface area contributed by atoms with Crippen molar-refractivity contribution in [1.82, 2.24) is 9.80 Å². The average Bonchev–Trinajstić information content (AvgIpc) is 3.19. The van der Waals surface area contributed by atoms with Crippen LogP contribution in [0.2, 0.25) is 0 Å². The predicted octanol–water partition coefficient (Wildman–Crippen LogP) is 3.15. The van der Waals surface area contributed by atoms with Crippen LogP contribution in [0.15, 0.2) is 42.5 Å². The number of rotatable bonds is 4. The number of hydrogen-bond acceptors (Lipinski definition) is 5. The van der Waals surface area contributed by atoms with Gasteiger partial charge in [-0.2, -0.15) is 12.6 Å². The number of amides is 2. The Balaban J connectivity index is 1.46. The number of likely N-dealkylation sites (tertiary alicyclic amines) is 2. The van der Waals surface area contributed by atoms with Gasteiger partial charge in [-0.1, -0.05) is 30.3 Å². The number of hydrogen-bond donors (Lipinski definition) is 1. The molecule has 0 aromatic heterocycles. The van der Waals surface area contributed by atoms with Crippen LogP contribution in [0.4, 0.5) is 0 Å². The van der Waals surface area contributed by atoms with Gasteiger partial charge in [0.1, 0.15) is 6.04 Å². The third kappa shape index (κ3) is 4.56. The molecule has 0 spiro atoms. The van der Waals surface area contributed by atoms with Gasteiger partial charge in [-0.05, 0) is 49.1 Å². The molecule has 7 heteroatoms. The van der Waals surface area contributed by atoms with Crippen LogP contribution in [0, 0.1) is 5.92 Å². The normalized spacial score (nSPS) is 22.0. The Morgan fingerprint density at radius 1 is 1.06 bits per heavy atom. The Kier molecular flexibility index (Phi) is 6.51. The van der Waals surface area contributed by atoms with Crippen molar-refractivity contribution in [3.8, 4) is 0 Å². The summed E-state index contributed by atoms with van der Waals surface area (Å²) >= 11 is 4.57. The first-order chi connectivity index (χ1) is 15.0. The lowest BCUT2D eigenvalue weighted by molar-refractivity contribution is -0.151. The second-order valence-electron chi connectivity index (χ2n) is 8.28. The fourth-order valence-corrected chi connectivity index (χ4v) is 4.94. The molecule has 0 bridgehead atoms. The summed E-state index contributed by atoms with van der Waals surface area (Å²) in [6.07, 6.45) is 1.74. The second kappa shape index (κ2) is 9.30. The number of carbonyl (C=O) groups is 3. The Morgan fingerprint density at radius 3 is 2.48 bits per heavy atom. The van der Waals surface area contributed by atoms with E-state index in [9.17, 15) is 14.4 Å². The van der Waals surface area contributed by atoms with Crippen molar-refractivity contribution in [2.24, 2.45) is 5.92 Å². The summed E-state index contributed by atoms with van der Waals surface area (Å²) in [6.45, 7) is 3.63. The maximum atomic E-state index is 13.3. The summed E-state index contributed by atoms with van der Waals surface area (Å²) in [5.41, 5.74) is 0.583. The van der Waals surface area contributed by atoms with Crippen molar-refractivity contribution >= 4 is 41.2 Å². The van der Waals surface area contributed by atoms with Gasteiger partial charge in [0.25, 0.3) is 5.91 Å². The quantitative estimate of drug-likeness (QED) is 0.586. The Bertz CT molecular complexity index is 986. The lowest BCUT2D eigenvalue weighted by atomic mass is 9.96. The van der Waals surface area contributed by atoms with Gasteiger partial charge in [0.05, 0.1) is 12.5 Å². The minimum absolute atomic E-state index is 0.0320. The summed E-state index contributed by atoms with van der Waals surface area (Å²) < 4.78 is 5.11. The molecule has 6 nitrogen and oxygen atoms in total. The number of thiol groups is 1. The molecule has 0 saturated carbocycles. The summed E-state index contributed by atoms with van der Waals surface area (Å²) in [6, 6.07) is 13.0. The molecule has 2 fully saturated rings. The van der Waals surface area contributed by atoms with Gasteiger partial charge in [-0.25, -0.2) is 0 Å². The van der Waals surface area contributed by atoms with Crippen LogP contribution in [-0.2, 0) is 14.3 Å².